The Morgan fingerprint density at radius 1 is 1.19 bits per heavy atom. The molecule has 0 aromatic heterocycles. The van der Waals surface area contributed by atoms with Crippen molar-refractivity contribution in [2.24, 2.45) is 5.10 Å². The molecule has 0 radical (unpaired) electrons. The Balaban J connectivity index is 0.000000383. The van der Waals surface area contributed by atoms with Crippen LogP contribution in [0.2, 0.25) is 0 Å². The number of halogens is 1. The summed E-state index contributed by atoms with van der Waals surface area (Å²) in [5, 5.41) is 6.27. The molecule has 3 N–H and O–H groups in total. The van der Waals surface area contributed by atoms with Crippen molar-refractivity contribution in [3.05, 3.63) is 35.6 Å². The van der Waals surface area contributed by atoms with Crippen LogP contribution in [0.15, 0.2) is 29.4 Å². The van der Waals surface area contributed by atoms with E-state index in [1.165, 1.54) is 6.07 Å². The molecule has 1 aromatic rings. The minimum atomic E-state index is -4.64. The third-order valence-corrected chi connectivity index (χ3v) is 2.75. The number of hydrogen-bond acceptors (Lipinski definition) is 4. The van der Waals surface area contributed by atoms with E-state index in [0.29, 0.717) is 5.56 Å². The summed E-state index contributed by atoms with van der Waals surface area (Å²) in [7, 11) is -2.54. The van der Waals surface area contributed by atoms with Crippen LogP contribution < -0.4 is 0 Å². The highest BCUT2D eigenvalue weighted by molar-refractivity contribution is 7.45. The van der Waals surface area contributed by atoms with Crippen LogP contribution in [0, 0.1) is 5.82 Å². The van der Waals surface area contributed by atoms with Gasteiger partial charge in [-0.15, -0.1) is 0 Å². The van der Waals surface area contributed by atoms with Gasteiger partial charge in [-0.1, -0.05) is 18.2 Å². The molecule has 1 fully saturated rings. The van der Waals surface area contributed by atoms with E-state index in [-0.39, 0.29) is 5.82 Å². The van der Waals surface area contributed by atoms with E-state index in [9.17, 15) is 4.39 Å². The zero-order valence-corrected chi connectivity index (χ0v) is 12.5. The second kappa shape index (κ2) is 8.21. The van der Waals surface area contributed by atoms with Gasteiger partial charge in [0.15, 0.2) is 0 Å². The van der Waals surface area contributed by atoms with Crippen LogP contribution in [-0.4, -0.2) is 64.0 Å². The highest BCUT2D eigenvalue weighted by atomic mass is 31.2. The Bertz CT molecular complexity index is 507. The van der Waals surface area contributed by atoms with Gasteiger partial charge in [-0.05, 0) is 13.1 Å². The lowest BCUT2D eigenvalue weighted by atomic mass is 10.2. The van der Waals surface area contributed by atoms with E-state index >= 15 is 0 Å². The first kappa shape index (κ1) is 17.7. The monoisotopic (exact) mass is 319 g/mol. The predicted octanol–water partition coefficient (Wildman–Crippen LogP) is 0.478. The van der Waals surface area contributed by atoms with Crippen LogP contribution >= 0.6 is 7.82 Å². The molecule has 1 saturated heterocycles. The molecule has 21 heavy (non-hydrogen) atoms. The molecule has 0 saturated carbocycles. The highest BCUT2D eigenvalue weighted by Gasteiger charge is 2.10. The average Bonchev–Trinajstić information content (AvgIpc) is 2.38. The Morgan fingerprint density at radius 2 is 1.71 bits per heavy atom. The average molecular weight is 319 g/mol. The number of nitrogens with zero attached hydrogens (tertiary/aromatic N) is 3. The standard InChI is InChI=1S/C12H16FN3.H3O4P/c1-15-6-8-16(9-7-15)14-10-11-4-2-3-5-12(11)13;1-5(2,3)4/h2-5,10H,6-9H2,1H3;(H3,1,2,3,4)/b14-10+;. The molecule has 9 heteroatoms. The molecule has 0 spiro atoms. The third kappa shape index (κ3) is 8.54. The van der Waals surface area contributed by atoms with Crippen molar-refractivity contribution in [1.29, 1.82) is 0 Å². The SMILES string of the molecule is CN1CCN(/N=C/c2ccccc2F)CC1.O=P(O)(O)O. The van der Waals surface area contributed by atoms with Crippen LogP contribution in [-0.2, 0) is 4.57 Å². The molecule has 0 aliphatic carbocycles. The third-order valence-electron chi connectivity index (χ3n) is 2.75. The van der Waals surface area contributed by atoms with E-state index in [2.05, 4.69) is 17.0 Å². The first-order valence-electron chi connectivity index (χ1n) is 6.26. The van der Waals surface area contributed by atoms with Crippen LogP contribution in [0.4, 0.5) is 4.39 Å². The first-order valence-corrected chi connectivity index (χ1v) is 7.82. The summed E-state index contributed by atoms with van der Waals surface area (Å²) >= 11 is 0. The molecule has 0 amide bonds. The van der Waals surface area contributed by atoms with Crippen molar-refractivity contribution in [2.75, 3.05) is 33.2 Å². The zero-order chi connectivity index (χ0) is 15.9. The Labute approximate surface area is 122 Å². The normalized spacial score (nSPS) is 16.7. The summed E-state index contributed by atoms with van der Waals surface area (Å²) in [6.45, 7) is 3.83. The van der Waals surface area contributed by atoms with Gasteiger partial charge in [0.2, 0.25) is 0 Å². The topological polar surface area (TPSA) is 96.6 Å². The molecule has 2 rings (SSSR count). The van der Waals surface area contributed by atoms with Crippen molar-refractivity contribution in [3.8, 4) is 0 Å². The summed E-state index contributed by atoms with van der Waals surface area (Å²) < 4.78 is 22.2. The molecule has 1 aliphatic rings. The Kier molecular flexibility index (Phi) is 6.94. The van der Waals surface area contributed by atoms with Crippen molar-refractivity contribution >= 4 is 14.0 Å². The van der Waals surface area contributed by atoms with Crippen molar-refractivity contribution in [2.45, 2.75) is 0 Å². The van der Waals surface area contributed by atoms with Crippen molar-refractivity contribution in [3.63, 3.8) is 0 Å². The van der Waals surface area contributed by atoms with Crippen molar-refractivity contribution < 1.29 is 23.6 Å². The van der Waals surface area contributed by atoms with Gasteiger partial charge in [-0.25, -0.2) is 8.96 Å². The maximum absolute atomic E-state index is 13.3. The van der Waals surface area contributed by atoms with Crippen molar-refractivity contribution in [1.82, 2.24) is 9.91 Å². The Hall–Kier alpha value is -1.31. The van der Waals surface area contributed by atoms with E-state index in [1.54, 1.807) is 18.3 Å². The number of piperazine rings is 1. The maximum Gasteiger partial charge on any atom is 0.466 e. The summed E-state index contributed by atoms with van der Waals surface area (Å²) in [4.78, 5) is 23.8. The molecule has 1 heterocycles. The Morgan fingerprint density at radius 3 is 2.24 bits per heavy atom. The predicted molar refractivity (Wildman–Crippen MR) is 77.3 cm³/mol. The molecule has 118 valence electrons. The molecule has 0 unspecified atom stereocenters. The number of likely N-dealkylation sites (N-methyl/N-ethyl adjacent to an activating group) is 1. The smallest absolute Gasteiger partial charge is 0.303 e. The lowest BCUT2D eigenvalue weighted by Crippen LogP contribution is -2.41. The first-order chi connectivity index (χ1) is 9.75. The minimum absolute atomic E-state index is 0.222. The van der Waals surface area contributed by atoms with Gasteiger partial charge in [-0.2, -0.15) is 5.10 Å². The van der Waals surface area contributed by atoms with Crippen LogP contribution in [0.3, 0.4) is 0 Å². The van der Waals surface area contributed by atoms with E-state index in [1.807, 2.05) is 11.1 Å². The molecule has 1 aliphatic heterocycles. The number of hydrazone groups is 1. The molecular weight excluding hydrogens is 300 g/mol. The molecule has 1 aromatic carbocycles. The van der Waals surface area contributed by atoms with Gasteiger partial charge in [0.05, 0.1) is 6.21 Å². The van der Waals surface area contributed by atoms with E-state index in [0.717, 1.165) is 26.2 Å². The summed E-state index contributed by atoms with van der Waals surface area (Å²) in [5.41, 5.74) is 0.543. The largest absolute Gasteiger partial charge is 0.466 e. The second-order valence-electron chi connectivity index (χ2n) is 4.54. The fraction of sp³-hybridized carbons (Fsp3) is 0.417. The maximum atomic E-state index is 13.3. The minimum Gasteiger partial charge on any atom is -0.303 e. The van der Waals surface area contributed by atoms with Gasteiger partial charge in [0.25, 0.3) is 0 Å². The van der Waals surface area contributed by atoms with Gasteiger partial charge in [0, 0.05) is 31.7 Å². The lowest BCUT2D eigenvalue weighted by Gasteiger charge is -2.30. The number of phosphoric acid groups is 1. The molecular formula is C12H19FN3O4P. The number of rotatable bonds is 2. The fourth-order valence-corrected chi connectivity index (χ4v) is 1.64. The van der Waals surface area contributed by atoms with E-state index in [4.69, 9.17) is 19.2 Å². The van der Waals surface area contributed by atoms with E-state index < -0.39 is 7.82 Å². The molecule has 7 nitrogen and oxygen atoms in total. The molecule has 0 atom stereocenters. The summed E-state index contributed by atoms with van der Waals surface area (Å²) in [5.74, 6) is -0.222. The van der Waals surface area contributed by atoms with Gasteiger partial charge in [0.1, 0.15) is 5.82 Å². The van der Waals surface area contributed by atoms with Crippen LogP contribution in [0.1, 0.15) is 5.56 Å². The van der Waals surface area contributed by atoms with Gasteiger partial charge >= 0.3 is 7.82 Å². The number of benzene rings is 1. The highest BCUT2D eigenvalue weighted by Crippen LogP contribution is 2.25. The second-order valence-corrected chi connectivity index (χ2v) is 5.56. The fourth-order valence-electron chi connectivity index (χ4n) is 1.64. The van der Waals surface area contributed by atoms with Gasteiger partial charge in [-0.3, -0.25) is 5.01 Å². The molecule has 0 bridgehead atoms. The van der Waals surface area contributed by atoms with Gasteiger partial charge < -0.3 is 19.6 Å². The number of hydrogen-bond donors (Lipinski definition) is 3. The summed E-state index contributed by atoms with van der Waals surface area (Å²) in [6, 6.07) is 6.68. The van der Waals surface area contributed by atoms with Crippen LogP contribution in [0.25, 0.3) is 0 Å². The van der Waals surface area contributed by atoms with Crippen LogP contribution in [0.5, 0.6) is 0 Å². The lowest BCUT2D eigenvalue weighted by molar-refractivity contribution is 0.159. The zero-order valence-electron chi connectivity index (χ0n) is 11.6. The summed E-state index contributed by atoms with van der Waals surface area (Å²) in [6.07, 6.45) is 1.60. The quantitative estimate of drug-likeness (QED) is 0.542.